The van der Waals surface area contributed by atoms with Gasteiger partial charge in [-0.3, -0.25) is 9.69 Å². The monoisotopic (exact) mass is 502 g/mol. The highest BCUT2D eigenvalue weighted by molar-refractivity contribution is 9.13. The minimum absolute atomic E-state index is 0.0483. The van der Waals surface area contributed by atoms with Gasteiger partial charge in [-0.05, 0) is 109 Å². The third kappa shape index (κ3) is 6.02. The maximum absolute atomic E-state index is 12.7. The number of amides is 1. The van der Waals surface area contributed by atoms with E-state index in [1.54, 1.807) is 0 Å². The molecule has 0 bridgehead atoms. The van der Waals surface area contributed by atoms with Crippen LogP contribution in [0.3, 0.4) is 0 Å². The summed E-state index contributed by atoms with van der Waals surface area (Å²) in [5, 5.41) is 13.6. The van der Waals surface area contributed by atoms with Crippen molar-refractivity contribution in [3.63, 3.8) is 0 Å². The first-order valence-electron chi connectivity index (χ1n) is 9.94. The molecule has 1 aromatic rings. The summed E-state index contributed by atoms with van der Waals surface area (Å²) in [6.07, 6.45) is 5.54. The van der Waals surface area contributed by atoms with Crippen molar-refractivity contribution in [2.24, 2.45) is 0 Å². The average Bonchev–Trinajstić information content (AvgIpc) is 2.63. The van der Waals surface area contributed by atoms with E-state index >= 15 is 0 Å². The third-order valence-corrected chi connectivity index (χ3v) is 7.56. The van der Waals surface area contributed by atoms with Crippen LogP contribution in [0.15, 0.2) is 27.1 Å². The van der Waals surface area contributed by atoms with Crippen LogP contribution in [0.25, 0.3) is 0 Å². The van der Waals surface area contributed by atoms with Crippen molar-refractivity contribution in [3.8, 4) is 0 Å². The topological polar surface area (TPSA) is 52.6 Å². The highest BCUT2D eigenvalue weighted by Crippen LogP contribution is 2.38. The number of carbonyl (C=O) groups is 1. The van der Waals surface area contributed by atoms with Crippen molar-refractivity contribution in [2.45, 2.75) is 70.4 Å². The van der Waals surface area contributed by atoms with Crippen LogP contribution in [0.4, 0.5) is 0 Å². The van der Waals surface area contributed by atoms with Crippen molar-refractivity contribution in [2.75, 3.05) is 19.6 Å². The van der Waals surface area contributed by atoms with Gasteiger partial charge in [0, 0.05) is 26.6 Å². The zero-order valence-electron chi connectivity index (χ0n) is 16.7. The van der Waals surface area contributed by atoms with Gasteiger partial charge in [-0.2, -0.15) is 0 Å². The molecule has 1 aliphatic rings. The molecule has 1 amide bonds. The maximum atomic E-state index is 12.7. The number of benzene rings is 1. The minimum Gasteiger partial charge on any atom is -0.390 e. The summed E-state index contributed by atoms with van der Waals surface area (Å²) in [5.74, 6) is -0.0483. The van der Waals surface area contributed by atoms with Crippen LogP contribution in [0.2, 0.25) is 0 Å². The lowest BCUT2D eigenvalue weighted by Gasteiger charge is -2.50. The highest BCUT2D eigenvalue weighted by atomic mass is 79.9. The number of nitrogens with zero attached hydrogens (tertiary/aromatic N) is 1. The second-order valence-corrected chi connectivity index (χ2v) is 9.73. The predicted octanol–water partition coefficient (Wildman–Crippen LogP) is 5.13. The van der Waals surface area contributed by atoms with E-state index in [-0.39, 0.29) is 11.4 Å². The Morgan fingerprint density at radius 1 is 1.11 bits per heavy atom. The quantitative estimate of drug-likeness (QED) is 0.517. The normalized spacial score (nSPS) is 25.6. The highest BCUT2D eigenvalue weighted by Gasteiger charge is 2.43. The minimum atomic E-state index is -0.589. The summed E-state index contributed by atoms with van der Waals surface area (Å²) >= 11 is 6.91. The molecule has 1 fully saturated rings. The standard InChI is InChI=1S/C21H32Br2N2O2/c1-4-12-25(13-5-2)21(10-8-20(3,27)9-11-21)15-24-19(26)16-6-7-17(22)18(23)14-16/h6-7,14,27H,4-5,8-13,15H2,1-3H3,(H,24,26). The van der Waals surface area contributed by atoms with Crippen molar-refractivity contribution >= 4 is 37.8 Å². The number of nitrogens with one attached hydrogen (secondary N) is 1. The van der Waals surface area contributed by atoms with Crippen molar-refractivity contribution in [3.05, 3.63) is 32.7 Å². The Morgan fingerprint density at radius 2 is 1.70 bits per heavy atom. The van der Waals surface area contributed by atoms with E-state index < -0.39 is 5.60 Å². The number of halogens is 2. The summed E-state index contributed by atoms with van der Waals surface area (Å²) in [6.45, 7) is 9.00. The number of hydrogen-bond donors (Lipinski definition) is 2. The van der Waals surface area contributed by atoms with Gasteiger partial charge < -0.3 is 10.4 Å². The summed E-state index contributed by atoms with van der Waals surface area (Å²) in [4.78, 5) is 15.3. The first-order chi connectivity index (χ1) is 12.7. The molecule has 4 nitrogen and oxygen atoms in total. The lowest BCUT2D eigenvalue weighted by Crippen LogP contribution is -2.59. The Bertz CT molecular complexity index is 633. The van der Waals surface area contributed by atoms with Gasteiger partial charge in [0.05, 0.1) is 5.60 Å². The van der Waals surface area contributed by atoms with E-state index in [1.165, 1.54) is 0 Å². The van der Waals surface area contributed by atoms with Crippen LogP contribution in [-0.2, 0) is 0 Å². The lowest BCUT2D eigenvalue weighted by atomic mass is 9.73. The van der Waals surface area contributed by atoms with E-state index in [9.17, 15) is 9.90 Å². The second-order valence-electron chi connectivity index (χ2n) is 8.02. The van der Waals surface area contributed by atoms with E-state index in [1.807, 2.05) is 25.1 Å². The Kier molecular flexibility index (Phi) is 8.34. The molecule has 0 saturated heterocycles. The van der Waals surface area contributed by atoms with E-state index in [0.717, 1.165) is 60.6 Å². The molecule has 0 heterocycles. The molecule has 2 N–H and O–H groups in total. The van der Waals surface area contributed by atoms with Gasteiger partial charge in [0.15, 0.2) is 0 Å². The van der Waals surface area contributed by atoms with E-state index in [0.29, 0.717) is 12.1 Å². The van der Waals surface area contributed by atoms with Crippen LogP contribution in [0.5, 0.6) is 0 Å². The number of hydrogen-bond acceptors (Lipinski definition) is 3. The molecule has 6 heteroatoms. The Labute approximate surface area is 180 Å². The summed E-state index contributed by atoms with van der Waals surface area (Å²) in [7, 11) is 0. The second kappa shape index (κ2) is 9.86. The van der Waals surface area contributed by atoms with Crippen LogP contribution in [0, 0.1) is 0 Å². The molecule has 0 aromatic heterocycles. The fourth-order valence-corrected chi connectivity index (χ4v) is 4.59. The number of rotatable bonds is 8. The SMILES string of the molecule is CCCN(CCC)C1(CNC(=O)c2ccc(Br)c(Br)c2)CCC(C)(O)CC1. The maximum Gasteiger partial charge on any atom is 0.251 e. The van der Waals surface area contributed by atoms with Crippen LogP contribution >= 0.6 is 31.9 Å². The summed E-state index contributed by atoms with van der Waals surface area (Å²) in [5.41, 5.74) is -0.00871. The van der Waals surface area contributed by atoms with Gasteiger partial charge in [-0.25, -0.2) is 0 Å². The molecule has 1 aromatic carbocycles. The molecule has 152 valence electrons. The van der Waals surface area contributed by atoms with Crippen molar-refractivity contribution in [1.82, 2.24) is 10.2 Å². The molecule has 27 heavy (non-hydrogen) atoms. The van der Waals surface area contributed by atoms with Gasteiger partial charge in [0.2, 0.25) is 0 Å². The third-order valence-electron chi connectivity index (χ3n) is 5.68. The lowest BCUT2D eigenvalue weighted by molar-refractivity contribution is -0.0439. The Morgan fingerprint density at radius 3 is 2.22 bits per heavy atom. The molecule has 0 radical (unpaired) electrons. The van der Waals surface area contributed by atoms with Gasteiger partial charge in [-0.1, -0.05) is 13.8 Å². The smallest absolute Gasteiger partial charge is 0.251 e. The Balaban J connectivity index is 2.16. The fraction of sp³-hybridized carbons (Fsp3) is 0.667. The molecular formula is C21H32Br2N2O2. The molecule has 1 aliphatic carbocycles. The molecule has 0 unspecified atom stereocenters. The van der Waals surface area contributed by atoms with Crippen LogP contribution in [0.1, 0.15) is 69.7 Å². The molecule has 0 aliphatic heterocycles. The Hall–Kier alpha value is -0.430. The fourth-order valence-electron chi connectivity index (χ4n) is 3.97. The molecule has 0 atom stereocenters. The zero-order chi connectivity index (χ0) is 20.1. The van der Waals surface area contributed by atoms with Crippen molar-refractivity contribution < 1.29 is 9.90 Å². The predicted molar refractivity (Wildman–Crippen MR) is 118 cm³/mol. The van der Waals surface area contributed by atoms with Crippen LogP contribution in [-0.4, -0.2) is 46.7 Å². The van der Waals surface area contributed by atoms with Crippen molar-refractivity contribution in [1.29, 1.82) is 0 Å². The first-order valence-corrected chi connectivity index (χ1v) is 11.5. The van der Waals surface area contributed by atoms with E-state index in [4.69, 9.17) is 0 Å². The number of carbonyl (C=O) groups excluding carboxylic acids is 1. The summed E-state index contributed by atoms with van der Waals surface area (Å²) < 4.78 is 1.80. The number of aliphatic hydroxyl groups is 1. The van der Waals surface area contributed by atoms with Gasteiger partial charge in [0.1, 0.15) is 0 Å². The van der Waals surface area contributed by atoms with E-state index in [2.05, 4.69) is 55.9 Å². The molecule has 2 rings (SSSR count). The molecule has 0 spiro atoms. The first kappa shape index (κ1) is 22.9. The zero-order valence-corrected chi connectivity index (χ0v) is 19.8. The van der Waals surface area contributed by atoms with Crippen LogP contribution < -0.4 is 5.32 Å². The largest absolute Gasteiger partial charge is 0.390 e. The molecular weight excluding hydrogens is 472 g/mol. The van der Waals surface area contributed by atoms with Gasteiger partial charge in [-0.15, -0.1) is 0 Å². The van der Waals surface area contributed by atoms with Gasteiger partial charge >= 0.3 is 0 Å². The molecule has 1 saturated carbocycles. The average molecular weight is 504 g/mol. The summed E-state index contributed by atoms with van der Waals surface area (Å²) in [6, 6.07) is 5.55. The van der Waals surface area contributed by atoms with Gasteiger partial charge in [0.25, 0.3) is 5.91 Å².